The van der Waals surface area contributed by atoms with Gasteiger partial charge in [0, 0.05) is 11.8 Å². The van der Waals surface area contributed by atoms with E-state index in [9.17, 15) is 4.79 Å². The third-order valence-corrected chi connectivity index (χ3v) is 6.40. The fourth-order valence-electron chi connectivity index (χ4n) is 3.58. The Balaban J connectivity index is 1.53. The topological polar surface area (TPSA) is 54.5 Å². The van der Waals surface area contributed by atoms with Gasteiger partial charge in [-0.25, -0.2) is 9.78 Å². The van der Waals surface area contributed by atoms with Crippen LogP contribution in [0.25, 0.3) is 0 Å². The maximum absolute atomic E-state index is 12.9. The summed E-state index contributed by atoms with van der Waals surface area (Å²) < 4.78 is 5.66. The first-order chi connectivity index (χ1) is 13.6. The first kappa shape index (κ1) is 17.4. The molecule has 0 bridgehead atoms. The average molecular weight is 410 g/mol. The van der Waals surface area contributed by atoms with Gasteiger partial charge in [0.15, 0.2) is 0 Å². The highest BCUT2D eigenvalue weighted by Crippen LogP contribution is 2.52. The van der Waals surface area contributed by atoms with Gasteiger partial charge >= 0.3 is 6.03 Å². The van der Waals surface area contributed by atoms with Crippen LogP contribution >= 0.6 is 23.4 Å². The van der Waals surface area contributed by atoms with Gasteiger partial charge in [0.05, 0.1) is 17.4 Å². The summed E-state index contributed by atoms with van der Waals surface area (Å²) in [4.78, 5) is 19.0. The smallest absolute Gasteiger partial charge is 0.327 e. The third kappa shape index (κ3) is 2.80. The SMILES string of the molecule is Cc1cc(Oc2ccccc2)ccc1N1C(=O)NC2c3c1ccnc3SC2Cl. The van der Waals surface area contributed by atoms with Crippen molar-refractivity contribution in [3.8, 4) is 11.5 Å². The lowest BCUT2D eigenvalue weighted by Crippen LogP contribution is -2.45. The van der Waals surface area contributed by atoms with Crippen molar-refractivity contribution < 1.29 is 9.53 Å². The van der Waals surface area contributed by atoms with E-state index in [0.717, 1.165) is 39.0 Å². The van der Waals surface area contributed by atoms with Crippen LogP contribution in [0.2, 0.25) is 0 Å². The van der Waals surface area contributed by atoms with E-state index in [0.29, 0.717) is 0 Å². The summed E-state index contributed by atoms with van der Waals surface area (Å²) in [6.45, 7) is 1.97. The molecule has 3 aromatic rings. The summed E-state index contributed by atoms with van der Waals surface area (Å²) in [5, 5.41) is 3.89. The van der Waals surface area contributed by atoms with Crippen molar-refractivity contribution in [3.63, 3.8) is 0 Å². The number of hydrogen-bond acceptors (Lipinski definition) is 4. The minimum atomic E-state index is -0.252. The van der Waals surface area contributed by atoms with Gasteiger partial charge in [0.25, 0.3) is 0 Å². The quantitative estimate of drug-likeness (QED) is 0.559. The number of nitrogens with one attached hydrogen (secondary N) is 1. The number of ether oxygens (including phenoxy) is 1. The Kier molecular flexibility index (Phi) is 4.18. The summed E-state index contributed by atoms with van der Waals surface area (Å²) in [7, 11) is 0. The molecule has 5 nitrogen and oxygen atoms in total. The summed E-state index contributed by atoms with van der Waals surface area (Å²) in [5.41, 5.74) is 3.54. The molecule has 140 valence electrons. The summed E-state index contributed by atoms with van der Waals surface area (Å²) in [6.07, 6.45) is 1.72. The monoisotopic (exact) mass is 409 g/mol. The highest BCUT2D eigenvalue weighted by Gasteiger charge is 2.43. The predicted molar refractivity (Wildman–Crippen MR) is 111 cm³/mol. The average Bonchev–Trinajstić information content (AvgIpc) is 3.00. The third-order valence-electron chi connectivity index (χ3n) is 4.84. The van der Waals surface area contributed by atoms with Gasteiger partial charge in [-0.1, -0.05) is 30.0 Å². The van der Waals surface area contributed by atoms with E-state index in [2.05, 4.69) is 10.3 Å². The normalized spacial score (nSPS) is 19.9. The number of halogens is 1. The van der Waals surface area contributed by atoms with Gasteiger partial charge in [-0.05, 0) is 48.9 Å². The molecule has 5 rings (SSSR count). The van der Waals surface area contributed by atoms with Crippen LogP contribution in [0.1, 0.15) is 17.2 Å². The number of amides is 2. The van der Waals surface area contributed by atoms with Crippen LogP contribution in [0.3, 0.4) is 0 Å². The molecule has 2 aromatic carbocycles. The Hall–Kier alpha value is -2.70. The zero-order valence-corrected chi connectivity index (χ0v) is 16.5. The zero-order valence-electron chi connectivity index (χ0n) is 14.9. The van der Waals surface area contributed by atoms with Crippen molar-refractivity contribution >= 4 is 40.8 Å². The number of rotatable bonds is 3. The van der Waals surface area contributed by atoms with Crippen molar-refractivity contribution in [3.05, 3.63) is 71.9 Å². The lowest BCUT2D eigenvalue weighted by Gasteiger charge is -2.34. The summed E-state index contributed by atoms with van der Waals surface area (Å²) in [6, 6.07) is 16.8. The molecule has 1 aromatic heterocycles. The Morgan fingerprint density at radius 3 is 2.71 bits per heavy atom. The molecular weight excluding hydrogens is 394 g/mol. The number of nitrogens with zero attached hydrogens (tertiary/aromatic N) is 2. The molecule has 0 fully saturated rings. The van der Waals surface area contributed by atoms with Crippen LogP contribution in [0.5, 0.6) is 11.5 Å². The second kappa shape index (κ2) is 6.72. The fraction of sp³-hybridized carbons (Fsp3) is 0.143. The summed E-state index contributed by atoms with van der Waals surface area (Å²) in [5.74, 6) is 1.49. The number of anilines is 2. The maximum atomic E-state index is 12.9. The first-order valence-corrected chi connectivity index (χ1v) is 10.2. The van der Waals surface area contributed by atoms with Crippen molar-refractivity contribution in [1.29, 1.82) is 0 Å². The summed E-state index contributed by atoms with van der Waals surface area (Å²) >= 11 is 7.89. The number of aryl methyl sites for hydroxylation is 1. The highest BCUT2D eigenvalue weighted by molar-refractivity contribution is 8.01. The van der Waals surface area contributed by atoms with E-state index in [1.807, 2.05) is 61.5 Å². The van der Waals surface area contributed by atoms with Crippen molar-refractivity contribution in [2.45, 2.75) is 22.7 Å². The van der Waals surface area contributed by atoms with E-state index in [-0.39, 0.29) is 16.8 Å². The molecule has 2 aliphatic heterocycles. The van der Waals surface area contributed by atoms with E-state index in [1.54, 1.807) is 11.1 Å². The van der Waals surface area contributed by atoms with E-state index < -0.39 is 0 Å². The fourth-order valence-corrected chi connectivity index (χ4v) is 5.06. The molecule has 7 heteroatoms. The molecular formula is C21H16ClN3O2S. The van der Waals surface area contributed by atoms with E-state index >= 15 is 0 Å². The molecule has 0 saturated carbocycles. The number of carbonyl (C=O) groups is 1. The second-order valence-corrected chi connectivity index (χ2v) is 8.50. The molecule has 2 aliphatic rings. The Labute approximate surface area is 171 Å². The van der Waals surface area contributed by atoms with Gasteiger partial charge in [0.1, 0.15) is 21.2 Å². The molecule has 2 unspecified atom stereocenters. The van der Waals surface area contributed by atoms with Crippen LogP contribution in [0.4, 0.5) is 16.2 Å². The lowest BCUT2D eigenvalue weighted by atomic mass is 10.0. The molecule has 3 heterocycles. The predicted octanol–water partition coefficient (Wildman–Crippen LogP) is 5.76. The molecule has 0 spiro atoms. The number of pyridine rings is 1. The standard InChI is InChI=1S/C21H16ClN3O2S/c1-12-11-14(27-13-5-3-2-4-6-13)7-8-15(12)25-16-9-10-23-20-17(16)18(19(22)28-20)24-21(25)26/h2-11,18-19H,1H3,(H,24,26). The minimum absolute atomic E-state index is 0.192. The van der Waals surface area contributed by atoms with Crippen LogP contribution in [-0.4, -0.2) is 15.7 Å². The van der Waals surface area contributed by atoms with E-state index in [1.165, 1.54) is 11.8 Å². The van der Waals surface area contributed by atoms with Gasteiger partial charge in [-0.2, -0.15) is 0 Å². The number of hydrogen-bond donors (Lipinski definition) is 1. The van der Waals surface area contributed by atoms with Crippen molar-refractivity contribution in [2.24, 2.45) is 0 Å². The molecule has 2 atom stereocenters. The van der Waals surface area contributed by atoms with E-state index in [4.69, 9.17) is 16.3 Å². The largest absolute Gasteiger partial charge is 0.457 e. The van der Waals surface area contributed by atoms with Crippen LogP contribution in [0.15, 0.2) is 65.8 Å². The molecule has 1 N–H and O–H groups in total. The number of para-hydroxylation sites is 1. The van der Waals surface area contributed by atoms with Gasteiger partial charge in [-0.15, -0.1) is 11.6 Å². The Morgan fingerprint density at radius 1 is 1.11 bits per heavy atom. The number of aromatic nitrogens is 1. The number of urea groups is 1. The Bertz CT molecular complexity index is 1080. The number of alkyl halides is 1. The molecule has 28 heavy (non-hydrogen) atoms. The second-order valence-electron chi connectivity index (χ2n) is 6.64. The molecule has 0 saturated heterocycles. The number of thioether (sulfide) groups is 1. The van der Waals surface area contributed by atoms with Crippen molar-refractivity contribution in [2.75, 3.05) is 4.90 Å². The zero-order chi connectivity index (χ0) is 19.3. The molecule has 0 radical (unpaired) electrons. The maximum Gasteiger partial charge on any atom is 0.327 e. The van der Waals surface area contributed by atoms with Gasteiger partial charge in [0.2, 0.25) is 0 Å². The van der Waals surface area contributed by atoms with Crippen LogP contribution in [0, 0.1) is 6.92 Å². The van der Waals surface area contributed by atoms with Crippen LogP contribution in [-0.2, 0) is 0 Å². The van der Waals surface area contributed by atoms with Crippen LogP contribution < -0.4 is 15.0 Å². The highest BCUT2D eigenvalue weighted by atomic mass is 35.5. The minimum Gasteiger partial charge on any atom is -0.457 e. The van der Waals surface area contributed by atoms with Crippen molar-refractivity contribution in [1.82, 2.24) is 10.3 Å². The lowest BCUT2D eigenvalue weighted by molar-refractivity contribution is 0.244. The molecule has 2 amide bonds. The molecule has 0 aliphatic carbocycles. The van der Waals surface area contributed by atoms with Gasteiger partial charge in [-0.3, -0.25) is 4.90 Å². The first-order valence-electron chi connectivity index (χ1n) is 8.85. The van der Waals surface area contributed by atoms with Gasteiger partial charge < -0.3 is 10.1 Å². The Morgan fingerprint density at radius 2 is 1.93 bits per heavy atom. The number of carbonyl (C=O) groups excluding carboxylic acids is 1. The number of benzene rings is 2.